The summed E-state index contributed by atoms with van der Waals surface area (Å²) in [6, 6.07) is 24.8. The summed E-state index contributed by atoms with van der Waals surface area (Å²) >= 11 is 3.51. The Balaban J connectivity index is 1.63. The van der Waals surface area contributed by atoms with E-state index in [0.29, 0.717) is 12.5 Å². The van der Waals surface area contributed by atoms with E-state index < -0.39 is 0 Å². The Morgan fingerprint density at radius 1 is 0.929 bits per heavy atom. The molecule has 0 radical (unpaired) electrons. The molecule has 0 aliphatic carbocycles. The van der Waals surface area contributed by atoms with Gasteiger partial charge in [0.15, 0.2) is 0 Å². The number of para-hydroxylation sites is 3. The quantitative estimate of drug-likeness (QED) is 0.338. The van der Waals surface area contributed by atoms with Gasteiger partial charge in [-0.3, -0.25) is 0 Å². The molecule has 0 unspecified atom stereocenters. The van der Waals surface area contributed by atoms with E-state index in [4.69, 9.17) is 9.72 Å². The number of ether oxygens (including phenoxy) is 1. The molecule has 0 N–H and O–H groups in total. The van der Waals surface area contributed by atoms with Crippen LogP contribution in [0.15, 0.2) is 77.3 Å². The molecule has 4 rings (SSSR count). The maximum absolute atomic E-state index is 6.17. The fourth-order valence-corrected chi connectivity index (χ4v) is 3.72. The van der Waals surface area contributed by atoms with Crippen LogP contribution in [-0.4, -0.2) is 16.2 Å². The van der Waals surface area contributed by atoms with Crippen molar-refractivity contribution in [1.82, 2.24) is 9.55 Å². The van der Waals surface area contributed by atoms with Gasteiger partial charge in [-0.1, -0.05) is 72.2 Å². The molecule has 0 fully saturated rings. The number of benzene rings is 3. The third-order valence-electron chi connectivity index (χ3n) is 4.87. The van der Waals surface area contributed by atoms with Crippen molar-refractivity contribution in [1.29, 1.82) is 0 Å². The lowest BCUT2D eigenvalue weighted by atomic mass is 10.0. The molecule has 0 saturated carbocycles. The van der Waals surface area contributed by atoms with Crippen LogP contribution in [-0.2, 0) is 6.54 Å². The van der Waals surface area contributed by atoms with Crippen LogP contribution >= 0.6 is 15.9 Å². The third kappa shape index (κ3) is 3.83. The van der Waals surface area contributed by atoms with E-state index in [1.54, 1.807) is 0 Å². The summed E-state index contributed by atoms with van der Waals surface area (Å²) in [5.41, 5.74) is 4.47. The summed E-state index contributed by atoms with van der Waals surface area (Å²) in [5, 5.41) is 0. The van der Waals surface area contributed by atoms with Gasteiger partial charge in [-0.15, -0.1) is 0 Å². The minimum atomic E-state index is 0.434. The fourth-order valence-electron chi connectivity index (χ4n) is 3.46. The predicted molar refractivity (Wildman–Crippen MR) is 119 cm³/mol. The first-order chi connectivity index (χ1) is 13.6. The van der Waals surface area contributed by atoms with Crippen molar-refractivity contribution in [3.63, 3.8) is 0 Å². The number of halogens is 1. The van der Waals surface area contributed by atoms with Crippen LogP contribution in [0.4, 0.5) is 0 Å². The van der Waals surface area contributed by atoms with Gasteiger partial charge in [0.1, 0.15) is 18.2 Å². The first-order valence-corrected chi connectivity index (χ1v) is 10.4. The highest BCUT2D eigenvalue weighted by Gasteiger charge is 2.13. The Morgan fingerprint density at radius 3 is 2.43 bits per heavy atom. The Kier molecular flexibility index (Phi) is 5.49. The van der Waals surface area contributed by atoms with Crippen LogP contribution in [0.1, 0.15) is 25.3 Å². The van der Waals surface area contributed by atoms with E-state index in [9.17, 15) is 0 Å². The zero-order valence-electron chi connectivity index (χ0n) is 16.1. The molecule has 0 amide bonds. The predicted octanol–water partition coefficient (Wildman–Crippen LogP) is 6.67. The average Bonchev–Trinajstić information content (AvgIpc) is 3.07. The first-order valence-electron chi connectivity index (χ1n) is 9.56. The molecule has 0 aliphatic heterocycles. The summed E-state index contributed by atoms with van der Waals surface area (Å²) < 4.78 is 9.48. The number of hydrogen-bond donors (Lipinski definition) is 0. The van der Waals surface area contributed by atoms with Crippen molar-refractivity contribution < 1.29 is 4.74 Å². The van der Waals surface area contributed by atoms with E-state index in [-0.39, 0.29) is 0 Å². The molecule has 0 bridgehead atoms. The van der Waals surface area contributed by atoms with Gasteiger partial charge in [0.05, 0.1) is 17.6 Å². The molecule has 4 heteroatoms. The Bertz CT molecular complexity index is 1080. The summed E-state index contributed by atoms with van der Waals surface area (Å²) in [5.74, 6) is 2.37. The number of hydrogen-bond acceptors (Lipinski definition) is 2. The van der Waals surface area contributed by atoms with Gasteiger partial charge in [0.25, 0.3) is 0 Å². The Labute approximate surface area is 174 Å². The average molecular weight is 435 g/mol. The lowest BCUT2D eigenvalue weighted by Crippen LogP contribution is -2.10. The zero-order valence-corrected chi connectivity index (χ0v) is 17.7. The highest BCUT2D eigenvalue weighted by molar-refractivity contribution is 9.10. The number of rotatable bonds is 6. The van der Waals surface area contributed by atoms with Gasteiger partial charge in [-0.25, -0.2) is 4.98 Å². The first kappa shape index (κ1) is 18.8. The number of aromatic nitrogens is 2. The van der Waals surface area contributed by atoms with Crippen LogP contribution in [0.2, 0.25) is 0 Å². The van der Waals surface area contributed by atoms with Crippen molar-refractivity contribution >= 4 is 27.0 Å². The molecule has 0 saturated heterocycles. The van der Waals surface area contributed by atoms with Crippen LogP contribution < -0.4 is 4.74 Å². The monoisotopic (exact) mass is 434 g/mol. The van der Waals surface area contributed by atoms with Crippen LogP contribution in [0.3, 0.4) is 0 Å². The van der Waals surface area contributed by atoms with E-state index in [1.165, 1.54) is 5.56 Å². The molecule has 3 aromatic carbocycles. The largest absolute Gasteiger partial charge is 0.491 e. The highest BCUT2D eigenvalue weighted by Crippen LogP contribution is 2.28. The molecular weight excluding hydrogens is 412 g/mol. The van der Waals surface area contributed by atoms with E-state index in [0.717, 1.165) is 39.2 Å². The molecule has 142 valence electrons. The number of fused-ring (bicyclic) bond motifs is 1. The van der Waals surface area contributed by atoms with Gasteiger partial charge in [-0.2, -0.15) is 0 Å². The number of imidazole rings is 1. The minimum absolute atomic E-state index is 0.434. The maximum Gasteiger partial charge on any atom is 0.141 e. The Morgan fingerprint density at radius 2 is 1.64 bits per heavy atom. The minimum Gasteiger partial charge on any atom is -0.491 e. The normalized spacial score (nSPS) is 11.3. The second kappa shape index (κ2) is 8.19. The van der Waals surface area contributed by atoms with Crippen molar-refractivity contribution in [2.75, 3.05) is 6.61 Å². The van der Waals surface area contributed by atoms with Crippen molar-refractivity contribution in [2.24, 2.45) is 0 Å². The zero-order chi connectivity index (χ0) is 19.5. The maximum atomic E-state index is 6.17. The van der Waals surface area contributed by atoms with Crippen molar-refractivity contribution in [3.05, 3.63) is 82.8 Å². The summed E-state index contributed by atoms with van der Waals surface area (Å²) in [7, 11) is 0. The van der Waals surface area contributed by atoms with Gasteiger partial charge in [0.2, 0.25) is 0 Å². The van der Waals surface area contributed by atoms with Crippen molar-refractivity contribution in [3.8, 4) is 17.1 Å². The highest BCUT2D eigenvalue weighted by atomic mass is 79.9. The molecule has 1 heterocycles. The van der Waals surface area contributed by atoms with E-state index in [1.807, 2.05) is 12.1 Å². The van der Waals surface area contributed by atoms with Gasteiger partial charge < -0.3 is 9.30 Å². The molecular formula is C24H23BrN2O. The third-order valence-corrected chi connectivity index (χ3v) is 5.40. The smallest absolute Gasteiger partial charge is 0.141 e. The van der Waals surface area contributed by atoms with Crippen molar-refractivity contribution in [2.45, 2.75) is 26.3 Å². The van der Waals surface area contributed by atoms with Gasteiger partial charge in [0, 0.05) is 10.0 Å². The molecule has 0 atom stereocenters. The molecule has 1 aromatic heterocycles. The topological polar surface area (TPSA) is 27.1 Å². The summed E-state index contributed by atoms with van der Waals surface area (Å²) in [6.07, 6.45) is 0. The second-order valence-corrected chi connectivity index (χ2v) is 8.04. The molecule has 28 heavy (non-hydrogen) atoms. The standard InChI is InChI=1S/C24H23BrN2O/c1-17(2)20-7-3-6-10-23(20)28-16-15-27-22-9-5-4-8-21(22)26-24(27)18-11-13-19(25)14-12-18/h3-14,17H,15-16H2,1-2H3. The lowest BCUT2D eigenvalue weighted by molar-refractivity contribution is 0.297. The molecule has 3 nitrogen and oxygen atoms in total. The lowest BCUT2D eigenvalue weighted by Gasteiger charge is -2.15. The second-order valence-electron chi connectivity index (χ2n) is 7.12. The van der Waals surface area contributed by atoms with E-state index in [2.05, 4.69) is 95.0 Å². The van der Waals surface area contributed by atoms with Crippen LogP contribution in [0.25, 0.3) is 22.4 Å². The molecule has 0 aliphatic rings. The SMILES string of the molecule is CC(C)c1ccccc1OCCn1c(-c2ccc(Br)cc2)nc2ccccc21. The van der Waals surface area contributed by atoms with Crippen LogP contribution in [0, 0.1) is 0 Å². The van der Waals surface area contributed by atoms with Crippen LogP contribution in [0.5, 0.6) is 5.75 Å². The molecule has 4 aromatic rings. The van der Waals surface area contributed by atoms with E-state index >= 15 is 0 Å². The van der Waals surface area contributed by atoms with Gasteiger partial charge in [-0.05, 0) is 41.8 Å². The van der Waals surface area contributed by atoms with Gasteiger partial charge >= 0.3 is 0 Å². The number of nitrogens with zero attached hydrogens (tertiary/aromatic N) is 2. The fraction of sp³-hybridized carbons (Fsp3) is 0.208. The Hall–Kier alpha value is -2.59. The summed E-state index contributed by atoms with van der Waals surface area (Å²) in [6.45, 7) is 5.71. The summed E-state index contributed by atoms with van der Waals surface area (Å²) in [4.78, 5) is 4.88. The molecule has 0 spiro atoms.